The number of nitrogens with one attached hydrogen (secondary N) is 2. The molecule has 122 valence electrons. The second-order valence-corrected chi connectivity index (χ2v) is 5.72. The van der Waals surface area contributed by atoms with Gasteiger partial charge in [-0.3, -0.25) is 0 Å². The second kappa shape index (κ2) is 9.30. The highest BCUT2D eigenvalue weighted by molar-refractivity contribution is 5.89. The van der Waals surface area contributed by atoms with Gasteiger partial charge in [-0.2, -0.15) is 0 Å². The molecule has 2 rings (SSSR count). The maximum atomic E-state index is 11.8. The van der Waals surface area contributed by atoms with Crippen molar-refractivity contribution in [1.29, 1.82) is 0 Å². The number of carbonyl (C=O) groups excluding carboxylic acids is 1. The number of methoxy groups -OCH3 is 1. The van der Waals surface area contributed by atoms with Crippen LogP contribution in [0.4, 0.5) is 10.5 Å². The number of hydrogen-bond donors (Lipinski definition) is 2. The molecule has 1 aromatic rings. The van der Waals surface area contributed by atoms with Crippen LogP contribution in [0, 0.1) is 0 Å². The molecule has 5 heteroatoms. The third kappa shape index (κ3) is 5.93. The Balaban J connectivity index is 1.62. The minimum absolute atomic E-state index is 0.163. The van der Waals surface area contributed by atoms with Crippen molar-refractivity contribution < 1.29 is 9.53 Å². The van der Waals surface area contributed by atoms with Crippen molar-refractivity contribution in [2.45, 2.75) is 32.1 Å². The summed E-state index contributed by atoms with van der Waals surface area (Å²) < 4.78 is 5.14. The largest absolute Gasteiger partial charge is 0.497 e. The van der Waals surface area contributed by atoms with Crippen LogP contribution in [0.1, 0.15) is 32.1 Å². The number of anilines is 1. The molecular weight excluding hydrogens is 278 g/mol. The predicted molar refractivity (Wildman–Crippen MR) is 89.5 cm³/mol. The van der Waals surface area contributed by atoms with E-state index >= 15 is 0 Å². The fourth-order valence-corrected chi connectivity index (χ4v) is 2.74. The highest BCUT2D eigenvalue weighted by atomic mass is 16.5. The second-order valence-electron chi connectivity index (χ2n) is 5.72. The van der Waals surface area contributed by atoms with Crippen molar-refractivity contribution in [3.63, 3.8) is 0 Å². The van der Waals surface area contributed by atoms with Crippen LogP contribution >= 0.6 is 0 Å². The van der Waals surface area contributed by atoms with Crippen LogP contribution in [-0.2, 0) is 0 Å². The zero-order valence-electron chi connectivity index (χ0n) is 13.4. The molecule has 2 amide bonds. The first-order valence-electron chi connectivity index (χ1n) is 8.19. The van der Waals surface area contributed by atoms with Crippen LogP contribution in [0.25, 0.3) is 0 Å². The Hall–Kier alpha value is -1.75. The van der Waals surface area contributed by atoms with Gasteiger partial charge >= 0.3 is 6.03 Å². The summed E-state index contributed by atoms with van der Waals surface area (Å²) in [7, 11) is 1.61. The Kier molecular flexibility index (Phi) is 7.03. The average Bonchev–Trinajstić information content (AvgIpc) is 2.80. The number of nitrogens with zero attached hydrogens (tertiary/aromatic N) is 1. The van der Waals surface area contributed by atoms with E-state index in [-0.39, 0.29) is 6.03 Å². The molecular formula is C17H27N3O2. The van der Waals surface area contributed by atoms with E-state index in [1.54, 1.807) is 13.2 Å². The third-order valence-corrected chi connectivity index (χ3v) is 3.96. The fraction of sp³-hybridized carbons (Fsp3) is 0.588. The zero-order valence-corrected chi connectivity index (χ0v) is 13.4. The van der Waals surface area contributed by atoms with Crippen molar-refractivity contribution in [1.82, 2.24) is 10.2 Å². The Morgan fingerprint density at radius 2 is 2.00 bits per heavy atom. The minimum atomic E-state index is -0.163. The minimum Gasteiger partial charge on any atom is -0.497 e. The van der Waals surface area contributed by atoms with Gasteiger partial charge in [-0.05, 0) is 51.0 Å². The maximum Gasteiger partial charge on any atom is 0.319 e. The lowest BCUT2D eigenvalue weighted by molar-refractivity contribution is 0.249. The van der Waals surface area contributed by atoms with Gasteiger partial charge in [-0.25, -0.2) is 4.79 Å². The lowest BCUT2D eigenvalue weighted by atomic mass is 10.2. The van der Waals surface area contributed by atoms with Gasteiger partial charge in [0.15, 0.2) is 0 Å². The quantitative estimate of drug-likeness (QED) is 0.794. The lowest BCUT2D eigenvalue weighted by Crippen LogP contribution is -2.33. The molecule has 0 aromatic heterocycles. The molecule has 0 spiro atoms. The summed E-state index contributed by atoms with van der Waals surface area (Å²) in [6.45, 7) is 4.18. The lowest BCUT2D eigenvalue weighted by Gasteiger charge is -2.19. The molecule has 0 bridgehead atoms. The zero-order chi connectivity index (χ0) is 15.6. The molecule has 1 aromatic carbocycles. The van der Waals surface area contributed by atoms with E-state index in [0.717, 1.165) is 24.4 Å². The van der Waals surface area contributed by atoms with Crippen LogP contribution < -0.4 is 15.4 Å². The number of ether oxygens (including phenoxy) is 1. The Morgan fingerprint density at radius 3 is 2.73 bits per heavy atom. The molecule has 0 saturated carbocycles. The van der Waals surface area contributed by atoms with Crippen molar-refractivity contribution in [2.24, 2.45) is 0 Å². The van der Waals surface area contributed by atoms with E-state index in [4.69, 9.17) is 4.74 Å². The molecule has 5 nitrogen and oxygen atoms in total. The van der Waals surface area contributed by atoms with E-state index < -0.39 is 0 Å². The number of benzene rings is 1. The van der Waals surface area contributed by atoms with Gasteiger partial charge in [0.05, 0.1) is 7.11 Å². The maximum absolute atomic E-state index is 11.8. The summed E-state index contributed by atoms with van der Waals surface area (Å²) in [6, 6.07) is 7.19. The Labute approximate surface area is 133 Å². The highest BCUT2D eigenvalue weighted by Crippen LogP contribution is 2.16. The monoisotopic (exact) mass is 305 g/mol. The molecule has 1 aliphatic rings. The van der Waals surface area contributed by atoms with Crippen LogP contribution in [0.5, 0.6) is 5.75 Å². The summed E-state index contributed by atoms with van der Waals surface area (Å²) in [6.07, 6.45) is 6.33. The molecule has 0 radical (unpaired) electrons. The number of hydrogen-bond acceptors (Lipinski definition) is 3. The van der Waals surface area contributed by atoms with Crippen LogP contribution in [0.2, 0.25) is 0 Å². The van der Waals surface area contributed by atoms with E-state index in [1.807, 2.05) is 18.2 Å². The van der Waals surface area contributed by atoms with Crippen molar-refractivity contribution >= 4 is 11.7 Å². The topological polar surface area (TPSA) is 53.6 Å². The van der Waals surface area contributed by atoms with Crippen molar-refractivity contribution in [3.05, 3.63) is 24.3 Å². The van der Waals surface area contributed by atoms with E-state index in [2.05, 4.69) is 15.5 Å². The normalized spacial score (nSPS) is 15.9. The van der Waals surface area contributed by atoms with E-state index in [9.17, 15) is 4.79 Å². The fourth-order valence-electron chi connectivity index (χ4n) is 2.74. The third-order valence-electron chi connectivity index (χ3n) is 3.96. The number of amides is 2. The molecule has 0 aliphatic carbocycles. The molecule has 1 saturated heterocycles. The molecule has 2 N–H and O–H groups in total. The first-order valence-corrected chi connectivity index (χ1v) is 8.19. The standard InChI is InChI=1S/C17H27N3O2/c1-22-16-9-6-8-15(14-16)19-17(21)18-10-7-13-20-11-4-2-3-5-12-20/h6,8-9,14H,2-5,7,10-13H2,1H3,(H2,18,19,21). The molecule has 1 aliphatic heterocycles. The first-order chi connectivity index (χ1) is 10.8. The molecule has 0 unspecified atom stereocenters. The van der Waals surface area contributed by atoms with Crippen LogP contribution in [0.15, 0.2) is 24.3 Å². The summed E-state index contributed by atoms with van der Waals surface area (Å²) in [5.41, 5.74) is 0.740. The molecule has 1 fully saturated rings. The van der Waals surface area contributed by atoms with E-state index in [1.165, 1.54) is 38.8 Å². The van der Waals surface area contributed by atoms with Crippen molar-refractivity contribution in [2.75, 3.05) is 38.6 Å². The van der Waals surface area contributed by atoms with Gasteiger partial charge in [0, 0.05) is 18.3 Å². The summed E-state index contributed by atoms with van der Waals surface area (Å²) >= 11 is 0. The summed E-state index contributed by atoms with van der Waals surface area (Å²) in [4.78, 5) is 14.4. The van der Waals surface area contributed by atoms with E-state index in [0.29, 0.717) is 6.54 Å². The SMILES string of the molecule is COc1cccc(NC(=O)NCCCN2CCCCCC2)c1. The van der Waals surface area contributed by atoms with Gasteiger partial charge < -0.3 is 20.3 Å². The predicted octanol–water partition coefficient (Wildman–Crippen LogP) is 3.08. The number of urea groups is 1. The number of rotatable bonds is 6. The van der Waals surface area contributed by atoms with Gasteiger partial charge in [-0.1, -0.05) is 18.9 Å². The molecule has 22 heavy (non-hydrogen) atoms. The highest BCUT2D eigenvalue weighted by Gasteiger charge is 2.08. The van der Waals surface area contributed by atoms with Crippen LogP contribution in [-0.4, -0.2) is 44.2 Å². The van der Waals surface area contributed by atoms with Gasteiger partial charge in [0.1, 0.15) is 5.75 Å². The van der Waals surface area contributed by atoms with Gasteiger partial charge in [0.2, 0.25) is 0 Å². The van der Waals surface area contributed by atoms with Crippen molar-refractivity contribution in [3.8, 4) is 5.75 Å². The number of likely N-dealkylation sites (tertiary alicyclic amines) is 1. The number of carbonyl (C=O) groups is 1. The smallest absolute Gasteiger partial charge is 0.319 e. The first kappa shape index (κ1) is 16.6. The summed E-state index contributed by atoms with van der Waals surface area (Å²) in [5, 5.41) is 5.73. The Bertz CT molecular complexity index is 457. The Morgan fingerprint density at radius 1 is 1.23 bits per heavy atom. The molecule has 0 atom stereocenters. The molecule has 1 heterocycles. The average molecular weight is 305 g/mol. The summed E-state index contributed by atoms with van der Waals surface area (Å²) in [5.74, 6) is 0.735. The van der Waals surface area contributed by atoms with Crippen LogP contribution in [0.3, 0.4) is 0 Å². The van der Waals surface area contributed by atoms with Gasteiger partial charge in [-0.15, -0.1) is 0 Å². The van der Waals surface area contributed by atoms with Gasteiger partial charge in [0.25, 0.3) is 0 Å².